The molecule has 1 aliphatic rings. The van der Waals surface area contributed by atoms with E-state index >= 15 is 0 Å². The van der Waals surface area contributed by atoms with E-state index in [-0.39, 0.29) is 11.3 Å². The molecule has 2 aromatic carbocycles. The van der Waals surface area contributed by atoms with E-state index in [1.165, 1.54) is 0 Å². The zero-order chi connectivity index (χ0) is 20.5. The van der Waals surface area contributed by atoms with Crippen molar-refractivity contribution in [1.29, 1.82) is 0 Å². The Morgan fingerprint density at radius 2 is 1.93 bits per heavy atom. The number of fused-ring (bicyclic) bond motifs is 1. The van der Waals surface area contributed by atoms with Crippen LogP contribution in [0, 0.1) is 0 Å². The van der Waals surface area contributed by atoms with E-state index in [1.54, 1.807) is 17.0 Å². The second-order valence-corrected chi connectivity index (χ2v) is 7.97. The Morgan fingerprint density at radius 3 is 2.66 bits per heavy atom. The topological polar surface area (TPSA) is 70.8 Å². The van der Waals surface area contributed by atoms with Crippen molar-refractivity contribution in [3.63, 3.8) is 0 Å². The van der Waals surface area contributed by atoms with Crippen LogP contribution in [0.1, 0.15) is 41.9 Å². The van der Waals surface area contributed by atoms with Crippen LogP contribution in [0.2, 0.25) is 0 Å². The SMILES string of the molecule is CCCCN1C(=O)C(O)=C(C(=O)c2cc3cc(Br)ccc3o2)C1c1ccccc1. The summed E-state index contributed by atoms with van der Waals surface area (Å²) >= 11 is 3.41. The van der Waals surface area contributed by atoms with Crippen LogP contribution in [0.3, 0.4) is 0 Å². The fraction of sp³-hybridized carbons (Fsp3) is 0.217. The average molecular weight is 454 g/mol. The average Bonchev–Trinajstić information content (AvgIpc) is 3.25. The zero-order valence-electron chi connectivity index (χ0n) is 15.9. The predicted octanol–water partition coefficient (Wildman–Crippen LogP) is 5.57. The maximum atomic E-state index is 13.4. The number of hydrogen-bond donors (Lipinski definition) is 1. The zero-order valence-corrected chi connectivity index (χ0v) is 17.5. The van der Waals surface area contributed by atoms with E-state index in [2.05, 4.69) is 15.9 Å². The molecule has 1 unspecified atom stereocenters. The van der Waals surface area contributed by atoms with Gasteiger partial charge in [0.05, 0.1) is 11.6 Å². The number of furan rings is 1. The molecule has 3 aromatic rings. The molecule has 1 amide bonds. The van der Waals surface area contributed by atoms with Gasteiger partial charge < -0.3 is 14.4 Å². The third-order valence-electron chi connectivity index (χ3n) is 5.12. The highest BCUT2D eigenvalue weighted by molar-refractivity contribution is 9.10. The van der Waals surface area contributed by atoms with Gasteiger partial charge in [0.2, 0.25) is 5.78 Å². The maximum Gasteiger partial charge on any atom is 0.290 e. The lowest BCUT2D eigenvalue weighted by atomic mass is 9.95. The highest BCUT2D eigenvalue weighted by Crippen LogP contribution is 2.39. The van der Waals surface area contributed by atoms with E-state index < -0.39 is 23.5 Å². The minimum Gasteiger partial charge on any atom is -0.503 e. The van der Waals surface area contributed by atoms with Gasteiger partial charge in [-0.3, -0.25) is 9.59 Å². The van der Waals surface area contributed by atoms with Crippen LogP contribution in [-0.4, -0.2) is 28.2 Å². The monoisotopic (exact) mass is 453 g/mol. The lowest BCUT2D eigenvalue weighted by Crippen LogP contribution is -2.32. The number of rotatable bonds is 6. The van der Waals surface area contributed by atoms with E-state index in [0.717, 1.165) is 28.3 Å². The van der Waals surface area contributed by atoms with Crippen LogP contribution < -0.4 is 0 Å². The molecule has 0 radical (unpaired) electrons. The van der Waals surface area contributed by atoms with Gasteiger partial charge in [-0.05, 0) is 36.2 Å². The highest BCUT2D eigenvalue weighted by Gasteiger charge is 2.44. The Hall–Kier alpha value is -2.86. The number of unbranched alkanes of at least 4 members (excludes halogenated alkanes) is 1. The molecule has 1 aliphatic heterocycles. The summed E-state index contributed by atoms with van der Waals surface area (Å²) in [6, 6.07) is 15.8. The van der Waals surface area contributed by atoms with E-state index in [1.807, 2.05) is 49.4 Å². The number of amides is 1. The van der Waals surface area contributed by atoms with Gasteiger partial charge in [0.25, 0.3) is 5.91 Å². The van der Waals surface area contributed by atoms with Crippen molar-refractivity contribution in [1.82, 2.24) is 4.90 Å². The summed E-state index contributed by atoms with van der Waals surface area (Å²) in [5.41, 5.74) is 1.42. The summed E-state index contributed by atoms with van der Waals surface area (Å²) in [5.74, 6) is -1.39. The summed E-state index contributed by atoms with van der Waals surface area (Å²) in [6.45, 7) is 2.49. The molecule has 5 nitrogen and oxygen atoms in total. The van der Waals surface area contributed by atoms with Gasteiger partial charge in [-0.1, -0.05) is 59.6 Å². The van der Waals surface area contributed by atoms with Crippen LogP contribution in [-0.2, 0) is 4.79 Å². The quantitative estimate of drug-likeness (QED) is 0.494. The first kappa shape index (κ1) is 19.5. The fourth-order valence-corrected chi connectivity index (χ4v) is 4.06. The third kappa shape index (κ3) is 3.49. The van der Waals surface area contributed by atoms with Crippen molar-refractivity contribution >= 4 is 38.6 Å². The van der Waals surface area contributed by atoms with Crippen molar-refractivity contribution in [2.24, 2.45) is 0 Å². The Labute approximate surface area is 176 Å². The Balaban J connectivity index is 1.79. The number of aliphatic hydroxyl groups excluding tert-OH is 1. The van der Waals surface area contributed by atoms with Crippen LogP contribution in [0.25, 0.3) is 11.0 Å². The number of Topliss-reactive ketones (excluding diaryl/α,β-unsaturated/α-hetero) is 1. The minimum absolute atomic E-state index is 0.0652. The standard InChI is InChI=1S/C23H20BrNO4/c1-2-3-11-25-20(14-7-5-4-6-8-14)19(22(27)23(25)28)21(26)18-13-15-12-16(24)9-10-17(15)29-18/h4-10,12-13,20,27H,2-3,11H2,1H3. The van der Waals surface area contributed by atoms with Crippen molar-refractivity contribution < 1.29 is 19.1 Å². The Kier molecular flexibility index (Phi) is 5.28. The number of benzene rings is 2. The van der Waals surface area contributed by atoms with Gasteiger partial charge in [-0.25, -0.2) is 0 Å². The van der Waals surface area contributed by atoms with Crippen LogP contribution in [0.5, 0.6) is 0 Å². The summed E-state index contributed by atoms with van der Waals surface area (Å²) in [4.78, 5) is 27.7. The fourth-order valence-electron chi connectivity index (χ4n) is 3.69. The second-order valence-electron chi connectivity index (χ2n) is 7.05. The molecule has 2 heterocycles. The molecule has 6 heteroatoms. The molecule has 1 N–H and O–H groups in total. The minimum atomic E-state index is -0.636. The third-order valence-corrected chi connectivity index (χ3v) is 5.61. The summed E-state index contributed by atoms with van der Waals surface area (Å²) < 4.78 is 6.61. The number of aliphatic hydroxyl groups is 1. The molecule has 0 saturated carbocycles. The molecule has 29 heavy (non-hydrogen) atoms. The summed E-state index contributed by atoms with van der Waals surface area (Å²) in [5, 5.41) is 11.4. The molecular weight excluding hydrogens is 434 g/mol. The first-order valence-electron chi connectivity index (χ1n) is 9.54. The van der Waals surface area contributed by atoms with Gasteiger partial charge in [0, 0.05) is 16.4 Å². The van der Waals surface area contributed by atoms with Gasteiger partial charge in [0.15, 0.2) is 11.5 Å². The Bertz CT molecular complexity index is 1120. The van der Waals surface area contributed by atoms with Gasteiger partial charge in [-0.2, -0.15) is 0 Å². The molecule has 0 aliphatic carbocycles. The lowest BCUT2D eigenvalue weighted by molar-refractivity contribution is -0.129. The summed E-state index contributed by atoms with van der Waals surface area (Å²) in [6.07, 6.45) is 1.68. The van der Waals surface area contributed by atoms with Gasteiger partial charge in [-0.15, -0.1) is 0 Å². The van der Waals surface area contributed by atoms with Gasteiger partial charge >= 0.3 is 0 Å². The van der Waals surface area contributed by atoms with Crippen LogP contribution >= 0.6 is 15.9 Å². The molecule has 1 aromatic heterocycles. The Morgan fingerprint density at radius 1 is 1.17 bits per heavy atom. The first-order valence-corrected chi connectivity index (χ1v) is 10.3. The van der Waals surface area contributed by atoms with Crippen LogP contribution in [0.4, 0.5) is 0 Å². The normalized spacial score (nSPS) is 16.8. The molecule has 148 valence electrons. The van der Waals surface area contributed by atoms with Crippen molar-refractivity contribution in [2.45, 2.75) is 25.8 Å². The highest BCUT2D eigenvalue weighted by atomic mass is 79.9. The van der Waals surface area contributed by atoms with Crippen molar-refractivity contribution in [2.75, 3.05) is 6.54 Å². The molecule has 0 fully saturated rings. The first-order chi connectivity index (χ1) is 14.0. The lowest BCUT2D eigenvalue weighted by Gasteiger charge is -2.26. The predicted molar refractivity (Wildman–Crippen MR) is 114 cm³/mol. The molecular formula is C23H20BrNO4. The van der Waals surface area contributed by atoms with Crippen molar-refractivity contribution in [3.05, 3.63) is 81.7 Å². The number of ketones is 1. The number of carbonyl (C=O) groups excluding carboxylic acids is 2. The van der Waals surface area contributed by atoms with Gasteiger partial charge in [0.1, 0.15) is 5.58 Å². The summed E-state index contributed by atoms with van der Waals surface area (Å²) in [7, 11) is 0. The number of halogens is 1. The number of nitrogens with zero attached hydrogens (tertiary/aromatic N) is 1. The second kappa shape index (κ2) is 7.87. The van der Waals surface area contributed by atoms with E-state index in [4.69, 9.17) is 4.42 Å². The molecule has 0 saturated heterocycles. The number of hydrogen-bond acceptors (Lipinski definition) is 4. The smallest absolute Gasteiger partial charge is 0.290 e. The molecule has 0 spiro atoms. The molecule has 1 atom stereocenters. The molecule has 0 bridgehead atoms. The van der Waals surface area contributed by atoms with E-state index in [0.29, 0.717) is 12.1 Å². The van der Waals surface area contributed by atoms with Crippen molar-refractivity contribution in [3.8, 4) is 0 Å². The van der Waals surface area contributed by atoms with E-state index in [9.17, 15) is 14.7 Å². The molecule has 4 rings (SSSR count). The maximum absolute atomic E-state index is 13.4. The number of carbonyl (C=O) groups is 2. The largest absolute Gasteiger partial charge is 0.503 e. The van der Waals surface area contributed by atoms with Crippen LogP contribution in [0.15, 0.2) is 74.8 Å².